The summed E-state index contributed by atoms with van der Waals surface area (Å²) < 4.78 is 43.6. The van der Waals surface area contributed by atoms with Gasteiger partial charge in [-0.05, 0) is 6.42 Å². The highest BCUT2D eigenvalue weighted by Crippen LogP contribution is 2.34. The van der Waals surface area contributed by atoms with Gasteiger partial charge in [-0.3, -0.25) is 9.13 Å². The van der Waals surface area contributed by atoms with Crippen LogP contribution in [0.3, 0.4) is 0 Å². The van der Waals surface area contributed by atoms with Crippen molar-refractivity contribution in [3.8, 4) is 0 Å². The molecule has 0 aromatic carbocycles. The van der Waals surface area contributed by atoms with Crippen LogP contribution in [0.15, 0.2) is 17.1 Å². The van der Waals surface area contributed by atoms with Gasteiger partial charge in [0.15, 0.2) is 0 Å². The van der Waals surface area contributed by atoms with Gasteiger partial charge in [0, 0.05) is 29.6 Å². The van der Waals surface area contributed by atoms with Crippen LogP contribution in [0.4, 0.5) is 15.0 Å². The number of nitrogens with two attached hydrogens (primary N) is 1. The van der Waals surface area contributed by atoms with E-state index in [1.54, 1.807) is 0 Å². The van der Waals surface area contributed by atoms with Gasteiger partial charge in [-0.2, -0.15) is 0 Å². The number of rotatable bonds is 2. The second kappa shape index (κ2) is 5.56. The largest absolute Gasteiger partial charge is 0.453 e. The molecule has 1 fully saturated rings. The molecule has 23 heavy (non-hydrogen) atoms. The molecule has 0 bridgehead atoms. The van der Waals surface area contributed by atoms with Crippen molar-refractivity contribution < 1.29 is 18.0 Å². The van der Waals surface area contributed by atoms with E-state index in [0.717, 1.165) is 4.57 Å². The zero-order valence-electron chi connectivity index (χ0n) is 15.3. The van der Waals surface area contributed by atoms with Gasteiger partial charge in [-0.15, -0.1) is 0 Å². The number of carbonyl (C=O) groups is 1. The third kappa shape index (κ3) is 2.51. The van der Waals surface area contributed by atoms with Gasteiger partial charge in [0.1, 0.15) is 12.0 Å². The number of pyridine rings is 1. The van der Waals surface area contributed by atoms with Gasteiger partial charge in [-0.25, -0.2) is 19.0 Å². The van der Waals surface area contributed by atoms with Gasteiger partial charge in [-0.1, -0.05) is 0 Å². The first-order valence-electron chi connectivity index (χ1n) is 8.51. The highest BCUT2D eigenvalue weighted by Gasteiger charge is 2.38. The lowest BCUT2D eigenvalue weighted by molar-refractivity contribution is 0.166. The molecule has 1 saturated carbocycles. The first-order chi connectivity index (χ1) is 12.1. The SMILES string of the molecule is [2H]C([2H])([2H])n1c(=O)n(C2CC(NC(=O)OC)CC2F)c2cc(N)ncc21. The number of nitrogens with one attached hydrogen (secondary N) is 1. The third-order valence-corrected chi connectivity index (χ3v) is 4.07. The number of anilines is 1. The number of halogens is 1. The monoisotopic (exact) mass is 326 g/mol. The molecule has 0 saturated heterocycles. The van der Waals surface area contributed by atoms with Gasteiger partial charge in [0.25, 0.3) is 0 Å². The van der Waals surface area contributed by atoms with E-state index >= 15 is 0 Å². The van der Waals surface area contributed by atoms with Crippen LogP contribution in [0.5, 0.6) is 0 Å². The molecule has 2 heterocycles. The molecule has 3 N–H and O–H groups in total. The molecule has 0 aliphatic heterocycles. The van der Waals surface area contributed by atoms with E-state index < -0.39 is 37.0 Å². The number of amides is 1. The minimum Gasteiger partial charge on any atom is -0.453 e. The minimum absolute atomic E-state index is 0.0206. The van der Waals surface area contributed by atoms with Crippen molar-refractivity contribution in [2.75, 3.05) is 12.8 Å². The fraction of sp³-hybridized carbons (Fsp3) is 0.500. The number of hydrogen-bond donors (Lipinski definition) is 2. The topological polar surface area (TPSA) is 104 Å². The van der Waals surface area contributed by atoms with E-state index in [1.807, 2.05) is 0 Å². The fourth-order valence-electron chi connectivity index (χ4n) is 3.03. The maximum Gasteiger partial charge on any atom is 0.407 e. The van der Waals surface area contributed by atoms with Crippen LogP contribution < -0.4 is 16.7 Å². The van der Waals surface area contributed by atoms with Crippen molar-refractivity contribution in [2.24, 2.45) is 6.98 Å². The van der Waals surface area contributed by atoms with E-state index in [1.165, 1.54) is 19.4 Å². The van der Waals surface area contributed by atoms with Gasteiger partial charge < -0.3 is 15.8 Å². The lowest BCUT2D eigenvalue weighted by Gasteiger charge is -2.15. The van der Waals surface area contributed by atoms with Crippen molar-refractivity contribution in [1.29, 1.82) is 0 Å². The number of hydrogen-bond acceptors (Lipinski definition) is 5. The molecule has 0 spiro atoms. The summed E-state index contributed by atoms with van der Waals surface area (Å²) >= 11 is 0. The number of alkyl halides is 1. The van der Waals surface area contributed by atoms with Crippen LogP contribution in [-0.2, 0) is 11.7 Å². The van der Waals surface area contributed by atoms with Crippen molar-refractivity contribution in [3.05, 3.63) is 22.7 Å². The highest BCUT2D eigenvalue weighted by atomic mass is 19.1. The Hall–Kier alpha value is -2.58. The summed E-state index contributed by atoms with van der Waals surface area (Å²) in [5.74, 6) is 0.0755. The molecule has 3 atom stereocenters. The molecular weight excluding hydrogens is 305 g/mol. The predicted octanol–water partition coefficient (Wildman–Crippen LogP) is 0.715. The molecule has 9 heteroatoms. The molecule has 3 rings (SSSR count). The summed E-state index contributed by atoms with van der Waals surface area (Å²) in [6.07, 6.45) is -0.888. The second-order valence-corrected chi connectivity index (χ2v) is 5.47. The Kier molecular flexibility index (Phi) is 2.88. The number of aromatic nitrogens is 3. The number of nitrogen functional groups attached to an aromatic ring is 1. The van der Waals surface area contributed by atoms with Crippen molar-refractivity contribution in [1.82, 2.24) is 19.4 Å². The van der Waals surface area contributed by atoms with Crippen molar-refractivity contribution in [3.63, 3.8) is 0 Å². The number of imidazole rings is 1. The predicted molar refractivity (Wildman–Crippen MR) is 81.9 cm³/mol. The zero-order chi connectivity index (χ0) is 19.2. The molecule has 2 aromatic heterocycles. The normalized spacial score (nSPS) is 26.5. The summed E-state index contributed by atoms with van der Waals surface area (Å²) in [7, 11) is 1.19. The lowest BCUT2D eigenvalue weighted by atomic mass is 10.2. The van der Waals surface area contributed by atoms with Gasteiger partial charge >= 0.3 is 11.8 Å². The van der Waals surface area contributed by atoms with E-state index in [9.17, 15) is 14.0 Å². The molecule has 1 aliphatic rings. The molecular formula is C14H18FN5O3. The average molecular weight is 326 g/mol. The summed E-state index contributed by atoms with van der Waals surface area (Å²) in [6, 6.07) is -0.149. The van der Waals surface area contributed by atoms with Crippen LogP contribution >= 0.6 is 0 Å². The van der Waals surface area contributed by atoms with E-state index in [0.29, 0.717) is 4.57 Å². The Bertz CT molecular complexity index is 910. The number of methoxy groups -OCH3 is 1. The number of nitrogens with zero attached hydrogens (tertiary/aromatic N) is 3. The Balaban J connectivity index is 2.11. The number of alkyl carbamates (subject to hydrolysis) is 1. The van der Waals surface area contributed by atoms with Gasteiger partial charge in [0.2, 0.25) is 0 Å². The van der Waals surface area contributed by atoms with Crippen LogP contribution in [0.25, 0.3) is 11.0 Å². The maximum absolute atomic E-state index is 14.6. The van der Waals surface area contributed by atoms with E-state index in [4.69, 9.17) is 9.85 Å². The quantitative estimate of drug-likeness (QED) is 0.846. The maximum atomic E-state index is 14.6. The van der Waals surface area contributed by atoms with E-state index in [2.05, 4.69) is 15.0 Å². The molecule has 3 unspecified atom stereocenters. The average Bonchev–Trinajstić information content (AvgIpc) is 3.02. The Morgan fingerprint density at radius 2 is 2.35 bits per heavy atom. The smallest absolute Gasteiger partial charge is 0.407 e. The molecule has 124 valence electrons. The first-order valence-corrected chi connectivity index (χ1v) is 7.01. The third-order valence-electron chi connectivity index (χ3n) is 4.07. The second-order valence-electron chi connectivity index (χ2n) is 5.47. The minimum atomic E-state index is -2.76. The number of carbonyl (C=O) groups excluding carboxylic acids is 1. The summed E-state index contributed by atoms with van der Waals surface area (Å²) in [6.45, 7) is -2.76. The summed E-state index contributed by atoms with van der Waals surface area (Å²) in [4.78, 5) is 28.0. The molecule has 1 aliphatic carbocycles. The Morgan fingerprint density at radius 1 is 1.57 bits per heavy atom. The molecule has 8 nitrogen and oxygen atoms in total. The number of aryl methyl sites for hydroxylation is 1. The van der Waals surface area contributed by atoms with Crippen LogP contribution in [0.1, 0.15) is 23.0 Å². The molecule has 0 radical (unpaired) electrons. The van der Waals surface area contributed by atoms with Crippen LogP contribution in [0.2, 0.25) is 0 Å². The van der Waals surface area contributed by atoms with Crippen LogP contribution in [-0.4, -0.2) is 39.5 Å². The lowest BCUT2D eigenvalue weighted by Crippen LogP contribution is -2.33. The fourth-order valence-corrected chi connectivity index (χ4v) is 3.03. The molecule has 2 aromatic rings. The number of fused-ring (bicyclic) bond motifs is 1. The molecule has 1 amide bonds. The van der Waals surface area contributed by atoms with E-state index in [-0.39, 0.29) is 29.7 Å². The van der Waals surface area contributed by atoms with Crippen molar-refractivity contribution in [2.45, 2.75) is 31.1 Å². The highest BCUT2D eigenvalue weighted by molar-refractivity contribution is 5.77. The Morgan fingerprint density at radius 3 is 3.04 bits per heavy atom. The zero-order valence-corrected chi connectivity index (χ0v) is 12.3. The number of ether oxygens (including phenoxy) is 1. The van der Waals surface area contributed by atoms with Gasteiger partial charge in [0.05, 0.1) is 30.4 Å². The first kappa shape index (κ1) is 11.9. The summed E-state index contributed by atoms with van der Waals surface area (Å²) in [5, 5.41) is 2.50. The summed E-state index contributed by atoms with van der Waals surface area (Å²) in [5.41, 5.74) is 5.01. The Labute approximate surface area is 135 Å². The standard InChI is InChI=1S/C14H18FN5O3/c1-19-11-6-17-12(16)5-10(11)20(14(19)22)9-4-7(3-8(9)15)18-13(21)23-2/h5-9H,3-4H2,1-2H3,(H2,16,17)(H,18,21)/i1D3. The van der Waals surface area contributed by atoms with Crippen LogP contribution in [0, 0.1) is 0 Å². The van der Waals surface area contributed by atoms with Crippen molar-refractivity contribution >= 4 is 22.9 Å².